The van der Waals surface area contributed by atoms with Crippen molar-refractivity contribution in [2.75, 3.05) is 13.7 Å². The number of nitrogens with zero attached hydrogens (tertiary/aromatic N) is 1. The number of hydrogen-bond acceptors (Lipinski definition) is 6. The van der Waals surface area contributed by atoms with Crippen molar-refractivity contribution >= 4 is 27.9 Å². The smallest absolute Gasteiger partial charge is 0.465 e. The Bertz CT molecular complexity index is 1000. The Balaban J connectivity index is 1.98. The molecule has 0 bridgehead atoms. The van der Waals surface area contributed by atoms with Crippen LogP contribution in [0, 0.1) is 5.92 Å². The molecule has 0 radical (unpaired) electrons. The highest BCUT2D eigenvalue weighted by Gasteiger charge is 2.40. The number of carbonyl (C=O) groups excluding carboxylic acids is 2. The van der Waals surface area contributed by atoms with Crippen LogP contribution < -0.4 is 10.0 Å². The van der Waals surface area contributed by atoms with E-state index in [-0.39, 0.29) is 5.56 Å². The zero-order valence-electron chi connectivity index (χ0n) is 18.5. The van der Waals surface area contributed by atoms with Gasteiger partial charge in [-0.25, -0.2) is 13.2 Å². The summed E-state index contributed by atoms with van der Waals surface area (Å²) in [6.45, 7) is 1.34. The normalized spacial score (nSPS) is 18.3. The summed E-state index contributed by atoms with van der Waals surface area (Å²) in [7, 11) is -2.82. The molecular weight excluding hydrogens is 483 g/mol. The SMILES string of the molecule is CO[C@H]([C@@H](C)C(=O)NS(=O)(=O)Cc1ccc(CNC(=O)C(F)(F)F)cc1)[C@@H]1CCCN1C(=O)O. The van der Waals surface area contributed by atoms with Crippen LogP contribution in [-0.2, 0) is 36.6 Å². The van der Waals surface area contributed by atoms with Crippen molar-refractivity contribution in [2.45, 2.75) is 50.4 Å². The molecule has 0 saturated carbocycles. The van der Waals surface area contributed by atoms with Gasteiger partial charge < -0.3 is 20.1 Å². The van der Waals surface area contributed by atoms with E-state index < -0.39 is 64.5 Å². The van der Waals surface area contributed by atoms with Crippen LogP contribution in [-0.4, -0.2) is 68.3 Å². The Hall–Kier alpha value is -2.87. The van der Waals surface area contributed by atoms with Gasteiger partial charge in [0.05, 0.1) is 23.8 Å². The number of likely N-dealkylation sites (tertiary alicyclic amines) is 1. The van der Waals surface area contributed by atoms with Crippen molar-refractivity contribution in [3.8, 4) is 0 Å². The molecule has 3 N–H and O–H groups in total. The number of halogens is 3. The summed E-state index contributed by atoms with van der Waals surface area (Å²) in [5.74, 6) is -4.49. The molecule has 10 nitrogen and oxygen atoms in total. The van der Waals surface area contributed by atoms with Gasteiger partial charge >= 0.3 is 18.2 Å². The predicted molar refractivity (Wildman–Crippen MR) is 113 cm³/mol. The molecular formula is C20H26F3N3O7S. The van der Waals surface area contributed by atoms with Gasteiger partial charge in [0.15, 0.2) is 0 Å². The highest BCUT2D eigenvalue weighted by molar-refractivity contribution is 7.89. The van der Waals surface area contributed by atoms with Gasteiger partial charge in [0.1, 0.15) is 0 Å². The van der Waals surface area contributed by atoms with Crippen molar-refractivity contribution in [1.29, 1.82) is 0 Å². The van der Waals surface area contributed by atoms with E-state index in [0.717, 1.165) is 0 Å². The number of carbonyl (C=O) groups is 3. The minimum atomic E-state index is -5.01. The van der Waals surface area contributed by atoms with Gasteiger partial charge in [-0.15, -0.1) is 0 Å². The highest BCUT2D eigenvalue weighted by atomic mass is 32.2. The van der Waals surface area contributed by atoms with Crippen LogP contribution in [0.25, 0.3) is 0 Å². The largest absolute Gasteiger partial charge is 0.471 e. The molecule has 1 heterocycles. The minimum Gasteiger partial charge on any atom is -0.465 e. The molecule has 1 saturated heterocycles. The summed E-state index contributed by atoms with van der Waals surface area (Å²) in [6.07, 6.45) is -5.93. The van der Waals surface area contributed by atoms with Crippen molar-refractivity contribution in [2.24, 2.45) is 5.92 Å². The summed E-state index contributed by atoms with van der Waals surface area (Å²) in [4.78, 5) is 36.0. The van der Waals surface area contributed by atoms with E-state index in [4.69, 9.17) is 4.74 Å². The number of hydrogen-bond donors (Lipinski definition) is 3. The van der Waals surface area contributed by atoms with Crippen LogP contribution in [0.4, 0.5) is 18.0 Å². The lowest BCUT2D eigenvalue weighted by molar-refractivity contribution is -0.173. The fourth-order valence-corrected chi connectivity index (χ4v) is 4.95. The third-order valence-corrected chi connectivity index (χ3v) is 6.67. The number of amides is 3. The minimum absolute atomic E-state index is 0.259. The first-order valence-electron chi connectivity index (χ1n) is 10.2. The molecule has 3 atom stereocenters. The lowest BCUT2D eigenvalue weighted by Gasteiger charge is -2.32. The number of nitrogens with one attached hydrogen (secondary N) is 2. The van der Waals surface area contributed by atoms with Gasteiger partial charge in [0.2, 0.25) is 15.9 Å². The zero-order valence-corrected chi connectivity index (χ0v) is 19.3. The molecule has 0 spiro atoms. The molecule has 14 heteroatoms. The van der Waals surface area contributed by atoms with E-state index in [1.54, 1.807) is 5.32 Å². The van der Waals surface area contributed by atoms with Crippen LogP contribution in [0.5, 0.6) is 0 Å². The second-order valence-corrected chi connectivity index (χ2v) is 9.62. The van der Waals surface area contributed by atoms with E-state index >= 15 is 0 Å². The monoisotopic (exact) mass is 509 g/mol. The maximum absolute atomic E-state index is 12.6. The van der Waals surface area contributed by atoms with Crippen molar-refractivity contribution in [3.05, 3.63) is 35.4 Å². The molecule has 0 unspecified atom stereocenters. The summed E-state index contributed by atoms with van der Waals surface area (Å²) >= 11 is 0. The molecule has 3 amide bonds. The molecule has 1 aliphatic rings. The first-order valence-corrected chi connectivity index (χ1v) is 11.9. The zero-order chi connectivity index (χ0) is 25.7. The number of benzene rings is 1. The first-order chi connectivity index (χ1) is 15.7. The third-order valence-electron chi connectivity index (χ3n) is 5.45. The highest BCUT2D eigenvalue weighted by Crippen LogP contribution is 2.26. The molecule has 1 aromatic rings. The van der Waals surface area contributed by atoms with E-state index in [2.05, 4.69) is 0 Å². The molecule has 0 aromatic heterocycles. The van der Waals surface area contributed by atoms with Gasteiger partial charge in [-0.05, 0) is 24.0 Å². The Labute approximate surface area is 194 Å². The van der Waals surface area contributed by atoms with Gasteiger partial charge in [0.25, 0.3) is 0 Å². The number of alkyl halides is 3. The van der Waals surface area contributed by atoms with Crippen molar-refractivity contribution < 1.29 is 45.8 Å². The molecule has 34 heavy (non-hydrogen) atoms. The number of sulfonamides is 1. The number of methoxy groups -OCH3 is 1. The van der Waals surface area contributed by atoms with Crippen LogP contribution in [0.3, 0.4) is 0 Å². The van der Waals surface area contributed by atoms with Gasteiger partial charge in [-0.1, -0.05) is 31.2 Å². The Morgan fingerprint density at radius 1 is 1.21 bits per heavy atom. The Morgan fingerprint density at radius 3 is 2.32 bits per heavy atom. The van der Waals surface area contributed by atoms with E-state index in [1.807, 2.05) is 4.72 Å². The Morgan fingerprint density at radius 2 is 1.79 bits per heavy atom. The molecule has 1 aliphatic heterocycles. The van der Waals surface area contributed by atoms with Crippen molar-refractivity contribution in [3.63, 3.8) is 0 Å². The topological polar surface area (TPSA) is 142 Å². The lowest BCUT2D eigenvalue weighted by Crippen LogP contribution is -2.50. The summed E-state index contributed by atoms with van der Waals surface area (Å²) in [5.41, 5.74) is 0.578. The molecule has 2 rings (SSSR count). The maximum Gasteiger partial charge on any atom is 0.471 e. The first kappa shape index (κ1) is 27.4. The standard InChI is InChI=1S/C20H26F3N3O7S/c1-12(16(33-2)15-4-3-9-26(15)19(29)30)17(27)25-34(31,32)11-14-7-5-13(6-8-14)10-24-18(28)20(21,22)23/h5-8,12,15-16H,3-4,9-11H2,1-2H3,(H,24,28)(H,25,27)(H,29,30)/t12-,15+,16-/m1/s1. The van der Waals surface area contributed by atoms with Gasteiger partial charge in [0, 0.05) is 20.2 Å². The van der Waals surface area contributed by atoms with Crippen LogP contribution >= 0.6 is 0 Å². The Kier molecular flexibility index (Phi) is 8.89. The summed E-state index contributed by atoms with van der Waals surface area (Å²) in [6, 6.07) is 4.82. The lowest BCUT2D eigenvalue weighted by atomic mass is 9.95. The quantitative estimate of drug-likeness (QED) is 0.459. The number of ether oxygens (including phenoxy) is 1. The number of carboxylic acid groups (broad SMARTS) is 1. The second-order valence-electron chi connectivity index (χ2n) is 7.90. The number of rotatable bonds is 9. The average Bonchev–Trinajstić information content (AvgIpc) is 3.22. The predicted octanol–water partition coefficient (Wildman–Crippen LogP) is 1.60. The summed E-state index contributed by atoms with van der Waals surface area (Å²) < 4.78 is 68.9. The summed E-state index contributed by atoms with van der Waals surface area (Å²) in [5, 5.41) is 11.0. The van der Waals surface area contributed by atoms with Gasteiger partial charge in [-0.2, -0.15) is 13.2 Å². The van der Waals surface area contributed by atoms with E-state index in [0.29, 0.717) is 24.9 Å². The van der Waals surface area contributed by atoms with Gasteiger partial charge in [-0.3, -0.25) is 14.3 Å². The molecule has 0 aliphatic carbocycles. The third kappa shape index (κ3) is 7.32. The molecule has 1 aromatic carbocycles. The average molecular weight is 510 g/mol. The van der Waals surface area contributed by atoms with E-state index in [1.165, 1.54) is 43.2 Å². The fraction of sp³-hybridized carbons (Fsp3) is 0.550. The van der Waals surface area contributed by atoms with Crippen LogP contribution in [0.1, 0.15) is 30.9 Å². The molecule has 1 fully saturated rings. The molecule has 190 valence electrons. The van der Waals surface area contributed by atoms with Crippen LogP contribution in [0.2, 0.25) is 0 Å². The van der Waals surface area contributed by atoms with Crippen LogP contribution in [0.15, 0.2) is 24.3 Å². The second kappa shape index (κ2) is 11.0. The maximum atomic E-state index is 12.6. The fourth-order valence-electron chi connectivity index (χ4n) is 3.75. The van der Waals surface area contributed by atoms with E-state index in [9.17, 15) is 41.1 Å². The van der Waals surface area contributed by atoms with Crippen molar-refractivity contribution in [1.82, 2.24) is 14.9 Å².